The highest BCUT2D eigenvalue weighted by molar-refractivity contribution is 6.07. The number of piperazine rings is 1. The van der Waals surface area contributed by atoms with Crippen molar-refractivity contribution in [1.82, 2.24) is 9.88 Å². The Kier molecular flexibility index (Phi) is 6.28. The molecule has 3 aromatic rings. The van der Waals surface area contributed by atoms with Gasteiger partial charge in [-0.3, -0.25) is 9.59 Å². The van der Waals surface area contributed by atoms with Crippen LogP contribution in [-0.4, -0.2) is 55.8 Å². The number of hydrogen-bond acceptors (Lipinski definition) is 6. The van der Waals surface area contributed by atoms with Gasteiger partial charge in [0.1, 0.15) is 5.82 Å². The summed E-state index contributed by atoms with van der Waals surface area (Å²) in [4.78, 5) is 30.7. The van der Waals surface area contributed by atoms with Crippen molar-refractivity contribution >= 4 is 17.3 Å². The van der Waals surface area contributed by atoms with Crippen molar-refractivity contribution in [2.75, 3.05) is 50.2 Å². The first-order valence-corrected chi connectivity index (χ1v) is 11.4. The SMILES string of the molecule is CN1CCN(c2cc(F)c(-c3ccc4c(c3)OCO4)cc2NC(=O)c2c[nH]c(=O)cc2C(F)(F)F)CC1. The molecule has 1 saturated heterocycles. The van der Waals surface area contributed by atoms with E-state index in [1.54, 1.807) is 18.2 Å². The molecular formula is C25H22F4N4O4. The highest BCUT2D eigenvalue weighted by Gasteiger charge is 2.36. The number of nitrogens with one attached hydrogen (secondary N) is 2. The van der Waals surface area contributed by atoms with Crippen molar-refractivity contribution in [2.45, 2.75) is 6.18 Å². The number of aromatic nitrogens is 1. The number of benzene rings is 2. The third kappa shape index (κ3) is 4.96. The summed E-state index contributed by atoms with van der Waals surface area (Å²) in [6.07, 6.45) is -4.21. The van der Waals surface area contributed by atoms with Crippen LogP contribution in [0.15, 0.2) is 47.4 Å². The predicted molar refractivity (Wildman–Crippen MR) is 128 cm³/mol. The number of H-pyrrole nitrogens is 1. The lowest BCUT2D eigenvalue weighted by Crippen LogP contribution is -2.44. The molecule has 2 N–H and O–H groups in total. The molecule has 0 saturated carbocycles. The second kappa shape index (κ2) is 9.43. The molecule has 194 valence electrons. The van der Waals surface area contributed by atoms with E-state index >= 15 is 4.39 Å². The maximum absolute atomic E-state index is 15.4. The molecule has 37 heavy (non-hydrogen) atoms. The average molecular weight is 518 g/mol. The van der Waals surface area contributed by atoms with Gasteiger partial charge in [-0.1, -0.05) is 6.07 Å². The van der Waals surface area contributed by atoms with Crippen LogP contribution in [-0.2, 0) is 6.18 Å². The summed E-state index contributed by atoms with van der Waals surface area (Å²) in [6.45, 7) is 2.43. The van der Waals surface area contributed by atoms with Crippen molar-refractivity contribution in [2.24, 2.45) is 0 Å². The fourth-order valence-electron chi connectivity index (χ4n) is 4.34. The highest BCUT2D eigenvalue weighted by Crippen LogP contribution is 2.40. The molecule has 0 bridgehead atoms. The zero-order valence-corrected chi connectivity index (χ0v) is 19.6. The molecule has 0 spiro atoms. The molecule has 12 heteroatoms. The number of ether oxygens (including phenoxy) is 2. The van der Waals surface area contributed by atoms with Crippen LogP contribution in [0.5, 0.6) is 11.5 Å². The van der Waals surface area contributed by atoms with Gasteiger partial charge in [0.15, 0.2) is 11.5 Å². The van der Waals surface area contributed by atoms with Crippen LogP contribution in [0.4, 0.5) is 28.9 Å². The molecule has 8 nitrogen and oxygen atoms in total. The zero-order chi connectivity index (χ0) is 26.3. The van der Waals surface area contributed by atoms with Gasteiger partial charge in [-0.25, -0.2) is 4.39 Å². The summed E-state index contributed by atoms with van der Waals surface area (Å²) in [7, 11) is 1.94. The number of carbonyl (C=O) groups is 1. The molecule has 2 aliphatic heterocycles. The van der Waals surface area contributed by atoms with Gasteiger partial charge in [0.2, 0.25) is 12.4 Å². The van der Waals surface area contributed by atoms with Gasteiger partial charge >= 0.3 is 6.18 Å². The van der Waals surface area contributed by atoms with Crippen molar-refractivity contribution < 1.29 is 31.8 Å². The summed E-state index contributed by atoms with van der Waals surface area (Å²) in [5.41, 5.74) is -2.11. The van der Waals surface area contributed by atoms with Crippen LogP contribution in [0.2, 0.25) is 0 Å². The molecule has 1 aromatic heterocycles. The first-order valence-electron chi connectivity index (χ1n) is 11.4. The summed E-state index contributed by atoms with van der Waals surface area (Å²) in [6, 6.07) is 7.82. The maximum Gasteiger partial charge on any atom is 0.417 e. The Morgan fingerprint density at radius 3 is 2.49 bits per heavy atom. The number of nitrogens with zero attached hydrogens (tertiary/aromatic N) is 2. The minimum atomic E-state index is -4.93. The Balaban J connectivity index is 1.57. The molecule has 5 rings (SSSR count). The molecular weight excluding hydrogens is 496 g/mol. The number of hydrogen-bond donors (Lipinski definition) is 2. The number of carbonyl (C=O) groups excluding carboxylic acids is 1. The Labute approximate surface area is 208 Å². The number of aromatic amines is 1. The molecule has 1 fully saturated rings. The maximum atomic E-state index is 15.4. The Hall–Kier alpha value is -4.06. The van der Waals surface area contributed by atoms with E-state index in [2.05, 4.69) is 15.2 Å². The minimum absolute atomic E-state index is 0.0334. The first-order chi connectivity index (χ1) is 17.6. The van der Waals surface area contributed by atoms with Crippen molar-refractivity contribution in [3.8, 4) is 22.6 Å². The van der Waals surface area contributed by atoms with Crippen LogP contribution in [0, 0.1) is 5.82 Å². The lowest BCUT2D eigenvalue weighted by molar-refractivity contribution is -0.138. The number of amides is 1. The van der Waals surface area contributed by atoms with E-state index in [0.29, 0.717) is 55.0 Å². The molecule has 0 unspecified atom stereocenters. The standard InChI is InChI=1S/C25H22F4N4O4/c1-32-4-6-33(7-5-32)20-11-18(26)15(14-2-3-21-22(8-14)37-13-36-21)9-19(20)31-24(35)16-12-30-23(34)10-17(16)25(27,28)29/h2-3,8-12H,4-7,13H2,1H3,(H,30,34)(H,31,35). The number of halogens is 4. The largest absolute Gasteiger partial charge is 0.454 e. The average Bonchev–Trinajstić information content (AvgIpc) is 3.33. The molecule has 0 radical (unpaired) electrons. The van der Waals surface area contributed by atoms with Gasteiger partial charge in [-0.05, 0) is 36.9 Å². The third-order valence-electron chi connectivity index (χ3n) is 6.34. The van der Waals surface area contributed by atoms with E-state index in [4.69, 9.17) is 9.47 Å². The minimum Gasteiger partial charge on any atom is -0.454 e. The molecule has 3 heterocycles. The van der Waals surface area contributed by atoms with E-state index in [-0.39, 0.29) is 18.0 Å². The Morgan fingerprint density at radius 1 is 1.03 bits per heavy atom. The molecule has 1 amide bonds. The van der Waals surface area contributed by atoms with Crippen LogP contribution in [0.25, 0.3) is 11.1 Å². The van der Waals surface area contributed by atoms with Gasteiger partial charge in [0.05, 0.1) is 22.5 Å². The van der Waals surface area contributed by atoms with Gasteiger partial charge < -0.3 is 29.6 Å². The zero-order valence-electron chi connectivity index (χ0n) is 19.6. The number of likely N-dealkylation sites (N-methyl/N-ethyl adjacent to an activating group) is 1. The van der Waals surface area contributed by atoms with Crippen molar-refractivity contribution in [3.05, 3.63) is 69.9 Å². The number of anilines is 2. The number of pyridine rings is 1. The molecule has 2 aliphatic rings. The van der Waals surface area contributed by atoms with Crippen molar-refractivity contribution in [3.63, 3.8) is 0 Å². The number of rotatable bonds is 4. The van der Waals surface area contributed by atoms with E-state index in [0.717, 1.165) is 6.20 Å². The third-order valence-corrected chi connectivity index (χ3v) is 6.34. The monoisotopic (exact) mass is 518 g/mol. The highest BCUT2D eigenvalue weighted by atomic mass is 19.4. The van der Waals surface area contributed by atoms with E-state index in [1.807, 2.05) is 11.9 Å². The van der Waals surface area contributed by atoms with E-state index < -0.39 is 34.6 Å². The second-order valence-electron chi connectivity index (χ2n) is 8.78. The summed E-state index contributed by atoms with van der Waals surface area (Å²) < 4.78 is 66.8. The Morgan fingerprint density at radius 2 is 1.76 bits per heavy atom. The lowest BCUT2D eigenvalue weighted by atomic mass is 10.0. The molecule has 0 atom stereocenters. The van der Waals surface area contributed by atoms with Gasteiger partial charge in [-0.2, -0.15) is 13.2 Å². The predicted octanol–water partition coefficient (Wildman–Crippen LogP) is 3.93. The van der Waals surface area contributed by atoms with Gasteiger partial charge in [0, 0.05) is 44.0 Å². The van der Waals surface area contributed by atoms with Crippen LogP contribution in [0.3, 0.4) is 0 Å². The normalized spacial score (nSPS) is 15.6. The van der Waals surface area contributed by atoms with E-state index in [1.165, 1.54) is 12.1 Å². The van der Waals surface area contributed by atoms with Crippen molar-refractivity contribution in [1.29, 1.82) is 0 Å². The van der Waals surface area contributed by atoms with Crippen LogP contribution < -0.4 is 25.2 Å². The van der Waals surface area contributed by atoms with Crippen LogP contribution >= 0.6 is 0 Å². The summed E-state index contributed by atoms with van der Waals surface area (Å²) >= 11 is 0. The summed E-state index contributed by atoms with van der Waals surface area (Å²) in [5, 5.41) is 2.52. The van der Waals surface area contributed by atoms with E-state index in [9.17, 15) is 22.8 Å². The molecule has 0 aliphatic carbocycles. The first kappa shape index (κ1) is 24.6. The van der Waals surface area contributed by atoms with Gasteiger partial charge in [-0.15, -0.1) is 0 Å². The number of alkyl halides is 3. The fourth-order valence-corrected chi connectivity index (χ4v) is 4.34. The Bertz CT molecular complexity index is 1410. The number of fused-ring (bicyclic) bond motifs is 1. The smallest absolute Gasteiger partial charge is 0.417 e. The topological polar surface area (TPSA) is 86.9 Å². The molecule has 2 aromatic carbocycles. The lowest BCUT2D eigenvalue weighted by Gasteiger charge is -2.35. The second-order valence-corrected chi connectivity index (χ2v) is 8.78. The van der Waals surface area contributed by atoms with Gasteiger partial charge in [0.25, 0.3) is 5.91 Å². The summed E-state index contributed by atoms with van der Waals surface area (Å²) in [5.74, 6) is -0.744. The fraction of sp³-hybridized carbons (Fsp3) is 0.280. The van der Waals surface area contributed by atoms with Crippen LogP contribution in [0.1, 0.15) is 15.9 Å². The quantitative estimate of drug-likeness (QED) is 0.509.